The van der Waals surface area contributed by atoms with Gasteiger partial charge in [0, 0.05) is 19.5 Å². The Morgan fingerprint density at radius 3 is 2.59 bits per heavy atom. The SMILES string of the molecule is COc1cnc(N2CCC(CC(=O)NCC(F)F)CC2)nc1. The summed E-state index contributed by atoms with van der Waals surface area (Å²) in [6, 6.07) is 0. The maximum absolute atomic E-state index is 12.0. The minimum absolute atomic E-state index is 0.215. The monoisotopic (exact) mass is 314 g/mol. The van der Waals surface area contributed by atoms with E-state index in [-0.39, 0.29) is 11.8 Å². The van der Waals surface area contributed by atoms with Crippen molar-refractivity contribution in [1.29, 1.82) is 0 Å². The Hall–Kier alpha value is -1.99. The van der Waals surface area contributed by atoms with Crippen LogP contribution in [0.5, 0.6) is 5.75 Å². The van der Waals surface area contributed by atoms with Crippen LogP contribution in [0.4, 0.5) is 14.7 Å². The number of amides is 1. The van der Waals surface area contributed by atoms with Crippen molar-refractivity contribution in [3.8, 4) is 5.75 Å². The summed E-state index contributed by atoms with van der Waals surface area (Å²) >= 11 is 0. The fraction of sp³-hybridized carbons (Fsp3) is 0.643. The third-order valence-corrected chi connectivity index (χ3v) is 3.68. The van der Waals surface area contributed by atoms with E-state index in [0.29, 0.717) is 18.1 Å². The number of nitrogens with one attached hydrogen (secondary N) is 1. The molecule has 0 bridgehead atoms. The van der Waals surface area contributed by atoms with Gasteiger partial charge in [0.2, 0.25) is 11.9 Å². The molecule has 1 aromatic heterocycles. The maximum atomic E-state index is 12.0. The first-order valence-electron chi connectivity index (χ1n) is 7.24. The van der Waals surface area contributed by atoms with Gasteiger partial charge in [0.15, 0.2) is 5.75 Å². The van der Waals surface area contributed by atoms with Gasteiger partial charge in [-0.1, -0.05) is 0 Å². The Morgan fingerprint density at radius 1 is 1.41 bits per heavy atom. The van der Waals surface area contributed by atoms with E-state index in [0.717, 1.165) is 25.9 Å². The molecule has 1 fully saturated rings. The third-order valence-electron chi connectivity index (χ3n) is 3.68. The van der Waals surface area contributed by atoms with E-state index in [2.05, 4.69) is 15.3 Å². The minimum atomic E-state index is -2.50. The zero-order chi connectivity index (χ0) is 15.9. The van der Waals surface area contributed by atoms with Gasteiger partial charge >= 0.3 is 0 Å². The molecule has 2 heterocycles. The number of alkyl halides is 2. The van der Waals surface area contributed by atoms with Crippen molar-refractivity contribution in [2.45, 2.75) is 25.7 Å². The third kappa shape index (κ3) is 4.78. The number of halogens is 2. The van der Waals surface area contributed by atoms with Crippen LogP contribution < -0.4 is 15.0 Å². The fourth-order valence-corrected chi connectivity index (χ4v) is 2.44. The summed E-state index contributed by atoms with van der Waals surface area (Å²) in [7, 11) is 1.56. The van der Waals surface area contributed by atoms with E-state index in [4.69, 9.17) is 4.74 Å². The number of carbonyl (C=O) groups excluding carboxylic acids is 1. The number of anilines is 1. The second kappa shape index (κ2) is 7.86. The van der Waals surface area contributed by atoms with Gasteiger partial charge < -0.3 is 15.0 Å². The lowest BCUT2D eigenvalue weighted by Gasteiger charge is -2.31. The van der Waals surface area contributed by atoms with Crippen LogP contribution in [0.2, 0.25) is 0 Å². The van der Waals surface area contributed by atoms with Crippen LogP contribution in [0.1, 0.15) is 19.3 Å². The Labute approximate surface area is 127 Å². The number of rotatable bonds is 6. The Kier molecular flexibility index (Phi) is 5.85. The first kappa shape index (κ1) is 16.4. The number of hydrogen-bond donors (Lipinski definition) is 1. The average molecular weight is 314 g/mol. The molecular formula is C14H20F2N4O2. The molecular weight excluding hydrogens is 294 g/mol. The largest absolute Gasteiger partial charge is 0.494 e. The summed E-state index contributed by atoms with van der Waals surface area (Å²) in [5, 5.41) is 2.24. The molecule has 1 aliphatic heterocycles. The highest BCUT2D eigenvalue weighted by molar-refractivity contribution is 5.76. The molecule has 8 heteroatoms. The molecule has 22 heavy (non-hydrogen) atoms. The van der Waals surface area contributed by atoms with Gasteiger partial charge in [-0.15, -0.1) is 0 Å². The van der Waals surface area contributed by atoms with Crippen molar-refractivity contribution in [3.05, 3.63) is 12.4 Å². The lowest BCUT2D eigenvalue weighted by molar-refractivity contribution is -0.122. The molecule has 122 valence electrons. The van der Waals surface area contributed by atoms with Gasteiger partial charge in [0.1, 0.15) is 0 Å². The van der Waals surface area contributed by atoms with Crippen LogP contribution in [0.15, 0.2) is 12.4 Å². The molecule has 0 saturated carbocycles. The van der Waals surface area contributed by atoms with Crippen molar-refractivity contribution in [2.75, 3.05) is 31.6 Å². The molecule has 0 atom stereocenters. The molecule has 1 aliphatic rings. The van der Waals surface area contributed by atoms with Crippen LogP contribution in [-0.2, 0) is 4.79 Å². The molecule has 0 aromatic carbocycles. The zero-order valence-corrected chi connectivity index (χ0v) is 12.5. The first-order valence-corrected chi connectivity index (χ1v) is 7.24. The van der Waals surface area contributed by atoms with Gasteiger partial charge in [-0.2, -0.15) is 0 Å². The highest BCUT2D eigenvalue weighted by atomic mass is 19.3. The van der Waals surface area contributed by atoms with E-state index in [1.165, 1.54) is 0 Å². The van der Waals surface area contributed by atoms with Gasteiger partial charge in [0.25, 0.3) is 6.43 Å². The molecule has 1 amide bonds. The van der Waals surface area contributed by atoms with Gasteiger partial charge in [-0.05, 0) is 18.8 Å². The lowest BCUT2D eigenvalue weighted by Crippen LogP contribution is -2.37. The van der Waals surface area contributed by atoms with Crippen LogP contribution in [0, 0.1) is 5.92 Å². The quantitative estimate of drug-likeness (QED) is 0.861. The minimum Gasteiger partial charge on any atom is -0.494 e. The highest BCUT2D eigenvalue weighted by Gasteiger charge is 2.23. The molecule has 1 aromatic rings. The number of piperidine rings is 1. The zero-order valence-electron chi connectivity index (χ0n) is 12.5. The second-order valence-corrected chi connectivity index (χ2v) is 5.25. The van der Waals surface area contributed by atoms with Crippen molar-refractivity contribution in [1.82, 2.24) is 15.3 Å². The standard InChI is InChI=1S/C14H20F2N4O2/c1-22-11-7-18-14(19-8-11)20-4-2-10(3-5-20)6-13(21)17-9-12(15)16/h7-8,10,12H,2-6,9H2,1H3,(H,17,21). The molecule has 1 saturated heterocycles. The number of ether oxygens (including phenoxy) is 1. The van der Waals surface area contributed by atoms with Crippen LogP contribution >= 0.6 is 0 Å². The molecule has 0 spiro atoms. The van der Waals surface area contributed by atoms with Crippen molar-refractivity contribution >= 4 is 11.9 Å². The fourth-order valence-electron chi connectivity index (χ4n) is 2.44. The van der Waals surface area contributed by atoms with Crippen LogP contribution in [0.25, 0.3) is 0 Å². The summed E-state index contributed by atoms with van der Waals surface area (Å²) < 4.78 is 29.1. The highest BCUT2D eigenvalue weighted by Crippen LogP contribution is 2.23. The van der Waals surface area contributed by atoms with E-state index >= 15 is 0 Å². The van der Waals surface area contributed by atoms with Gasteiger partial charge in [-0.25, -0.2) is 18.7 Å². The Morgan fingerprint density at radius 2 is 2.05 bits per heavy atom. The molecule has 0 unspecified atom stereocenters. The molecule has 6 nitrogen and oxygen atoms in total. The van der Waals surface area contributed by atoms with Crippen LogP contribution in [0.3, 0.4) is 0 Å². The summed E-state index contributed by atoms with van der Waals surface area (Å²) in [6.07, 6.45) is 2.66. The Bertz CT molecular complexity index is 476. The maximum Gasteiger partial charge on any atom is 0.255 e. The van der Waals surface area contributed by atoms with E-state index in [9.17, 15) is 13.6 Å². The predicted molar refractivity (Wildman–Crippen MR) is 77.2 cm³/mol. The van der Waals surface area contributed by atoms with Crippen LogP contribution in [-0.4, -0.2) is 49.0 Å². The van der Waals surface area contributed by atoms with Gasteiger partial charge in [0.05, 0.1) is 26.0 Å². The summed E-state index contributed by atoms with van der Waals surface area (Å²) in [5.74, 6) is 1.15. The molecule has 0 aliphatic carbocycles. The number of carbonyl (C=O) groups is 1. The van der Waals surface area contributed by atoms with E-state index in [1.54, 1.807) is 19.5 Å². The van der Waals surface area contributed by atoms with Gasteiger partial charge in [-0.3, -0.25) is 4.79 Å². The first-order chi connectivity index (χ1) is 10.6. The number of methoxy groups -OCH3 is 1. The summed E-state index contributed by atoms with van der Waals surface area (Å²) in [4.78, 5) is 22.1. The topological polar surface area (TPSA) is 67.3 Å². The van der Waals surface area contributed by atoms with E-state index < -0.39 is 13.0 Å². The predicted octanol–water partition coefficient (Wildman–Crippen LogP) is 1.47. The molecule has 0 radical (unpaired) electrons. The number of aromatic nitrogens is 2. The number of nitrogens with zero attached hydrogens (tertiary/aromatic N) is 3. The lowest BCUT2D eigenvalue weighted by atomic mass is 9.93. The average Bonchev–Trinajstić information content (AvgIpc) is 2.54. The normalized spacial score (nSPS) is 15.9. The summed E-state index contributed by atoms with van der Waals surface area (Å²) in [5.41, 5.74) is 0. The van der Waals surface area contributed by atoms with Crippen molar-refractivity contribution < 1.29 is 18.3 Å². The molecule has 1 N–H and O–H groups in total. The van der Waals surface area contributed by atoms with Crippen molar-refractivity contribution in [3.63, 3.8) is 0 Å². The summed E-state index contributed by atoms with van der Waals surface area (Å²) in [6.45, 7) is 0.926. The van der Waals surface area contributed by atoms with Crippen molar-refractivity contribution in [2.24, 2.45) is 5.92 Å². The Balaban J connectivity index is 1.76. The molecule has 2 rings (SSSR count). The smallest absolute Gasteiger partial charge is 0.255 e. The number of hydrogen-bond acceptors (Lipinski definition) is 5. The second-order valence-electron chi connectivity index (χ2n) is 5.25. The van der Waals surface area contributed by atoms with E-state index in [1.807, 2.05) is 4.90 Å².